The molecule has 3 rings (SSSR count). The number of hydrogen-bond acceptors (Lipinski definition) is 3. The van der Waals surface area contributed by atoms with E-state index in [-0.39, 0.29) is 11.8 Å². The van der Waals surface area contributed by atoms with Gasteiger partial charge in [-0.05, 0) is 25.7 Å². The molecule has 1 aliphatic heterocycles. The Hall–Kier alpha value is -1.80. The van der Waals surface area contributed by atoms with E-state index >= 15 is 0 Å². The Morgan fingerprint density at radius 2 is 1.78 bits per heavy atom. The minimum absolute atomic E-state index is 0.112. The zero-order chi connectivity index (χ0) is 16.8. The Kier molecular flexibility index (Phi) is 3.97. The predicted molar refractivity (Wildman–Crippen MR) is 74.7 cm³/mol. The summed E-state index contributed by atoms with van der Waals surface area (Å²) >= 11 is 0. The van der Waals surface area contributed by atoms with Crippen LogP contribution in [0.5, 0.6) is 0 Å². The van der Waals surface area contributed by atoms with Gasteiger partial charge in [0.15, 0.2) is 0 Å². The van der Waals surface area contributed by atoms with Gasteiger partial charge >= 0.3 is 11.9 Å². The van der Waals surface area contributed by atoms with E-state index in [4.69, 9.17) is 0 Å². The molecular formula is C14H19F3N4O2. The number of hydrogen-bond donors (Lipinski definition) is 0. The summed E-state index contributed by atoms with van der Waals surface area (Å²) in [5.74, 6) is -0.935. The van der Waals surface area contributed by atoms with Gasteiger partial charge in [-0.25, -0.2) is 9.48 Å². The number of aromatic nitrogens is 3. The first-order valence-corrected chi connectivity index (χ1v) is 7.80. The molecule has 0 atom stereocenters. The fourth-order valence-electron chi connectivity index (χ4n) is 3.19. The Morgan fingerprint density at radius 3 is 2.22 bits per heavy atom. The lowest BCUT2D eigenvalue weighted by molar-refractivity contribution is -0.147. The zero-order valence-corrected chi connectivity index (χ0v) is 12.8. The van der Waals surface area contributed by atoms with Crippen molar-refractivity contribution in [3.63, 3.8) is 0 Å². The first kappa shape index (κ1) is 16.1. The molecule has 1 aromatic rings. The summed E-state index contributed by atoms with van der Waals surface area (Å²) in [5, 5.41) is 3.48. The van der Waals surface area contributed by atoms with Crippen molar-refractivity contribution < 1.29 is 18.0 Å². The lowest BCUT2D eigenvalue weighted by Gasteiger charge is -2.36. The maximum Gasteiger partial charge on any atom is 0.451 e. The Morgan fingerprint density at radius 1 is 1.17 bits per heavy atom. The third-order valence-electron chi connectivity index (χ3n) is 4.83. The van der Waals surface area contributed by atoms with Gasteiger partial charge < -0.3 is 4.90 Å². The molecule has 1 aromatic heterocycles. The molecule has 128 valence electrons. The van der Waals surface area contributed by atoms with Gasteiger partial charge in [0.25, 0.3) is 0 Å². The Balaban J connectivity index is 1.70. The van der Waals surface area contributed by atoms with Crippen molar-refractivity contribution in [3.8, 4) is 0 Å². The number of halogens is 3. The standard InChI is InChI=1S/C14H19F3N4O2/c1-19-12(14(15,16)17)18-21(13(19)23)10-5-7-20(8-6-10)11(22)9-3-2-4-9/h9-10H,2-8H2,1H3. The van der Waals surface area contributed by atoms with E-state index < -0.39 is 23.7 Å². The molecule has 0 aromatic carbocycles. The Labute approximate surface area is 130 Å². The number of rotatable bonds is 2. The van der Waals surface area contributed by atoms with E-state index in [1.54, 1.807) is 4.90 Å². The van der Waals surface area contributed by atoms with Gasteiger partial charge in [-0.15, -0.1) is 5.10 Å². The van der Waals surface area contributed by atoms with Gasteiger partial charge in [-0.2, -0.15) is 13.2 Å². The van der Waals surface area contributed by atoms with Crippen molar-refractivity contribution in [2.45, 2.75) is 44.3 Å². The van der Waals surface area contributed by atoms with Crippen LogP contribution in [0.2, 0.25) is 0 Å². The van der Waals surface area contributed by atoms with Gasteiger partial charge in [0.2, 0.25) is 11.7 Å². The van der Waals surface area contributed by atoms with E-state index in [1.165, 1.54) is 0 Å². The van der Waals surface area contributed by atoms with E-state index in [1.807, 2.05) is 0 Å². The number of carbonyl (C=O) groups excluding carboxylic acids is 1. The molecule has 1 saturated heterocycles. The second-order valence-corrected chi connectivity index (χ2v) is 6.29. The summed E-state index contributed by atoms with van der Waals surface area (Å²) in [7, 11) is 1.07. The van der Waals surface area contributed by atoms with Crippen LogP contribution in [0.3, 0.4) is 0 Å². The quantitative estimate of drug-likeness (QED) is 0.826. The molecule has 0 N–H and O–H groups in total. The molecule has 0 unspecified atom stereocenters. The summed E-state index contributed by atoms with van der Waals surface area (Å²) in [6, 6.07) is -0.393. The van der Waals surface area contributed by atoms with Crippen molar-refractivity contribution in [2.24, 2.45) is 13.0 Å². The van der Waals surface area contributed by atoms with Crippen LogP contribution in [0.25, 0.3) is 0 Å². The Bertz CT molecular complexity index is 652. The highest BCUT2D eigenvalue weighted by molar-refractivity contribution is 5.79. The molecule has 0 spiro atoms. The van der Waals surface area contributed by atoms with Crippen LogP contribution in [0.4, 0.5) is 13.2 Å². The van der Waals surface area contributed by atoms with Gasteiger partial charge in [-0.3, -0.25) is 9.36 Å². The summed E-state index contributed by atoms with van der Waals surface area (Å²) in [6.45, 7) is 0.925. The number of alkyl halides is 3. The van der Waals surface area contributed by atoms with Crippen LogP contribution in [0, 0.1) is 5.92 Å². The fourth-order valence-corrected chi connectivity index (χ4v) is 3.19. The molecule has 1 saturated carbocycles. The summed E-state index contributed by atoms with van der Waals surface area (Å²) < 4.78 is 39.9. The minimum atomic E-state index is -4.65. The monoisotopic (exact) mass is 332 g/mol. The number of amides is 1. The smallest absolute Gasteiger partial charge is 0.342 e. The number of piperidine rings is 1. The topological polar surface area (TPSA) is 60.1 Å². The highest BCUT2D eigenvalue weighted by Gasteiger charge is 2.39. The van der Waals surface area contributed by atoms with E-state index in [0.717, 1.165) is 31.0 Å². The molecule has 9 heteroatoms. The van der Waals surface area contributed by atoms with Crippen LogP contribution in [0.1, 0.15) is 44.0 Å². The molecule has 0 radical (unpaired) electrons. The third kappa shape index (κ3) is 2.88. The molecule has 1 aliphatic carbocycles. The van der Waals surface area contributed by atoms with Gasteiger partial charge in [0.05, 0.1) is 6.04 Å². The highest BCUT2D eigenvalue weighted by atomic mass is 19.4. The minimum Gasteiger partial charge on any atom is -0.342 e. The van der Waals surface area contributed by atoms with Gasteiger partial charge in [-0.1, -0.05) is 6.42 Å². The average molecular weight is 332 g/mol. The zero-order valence-electron chi connectivity index (χ0n) is 12.8. The van der Waals surface area contributed by atoms with Crippen LogP contribution in [0.15, 0.2) is 4.79 Å². The van der Waals surface area contributed by atoms with E-state index in [0.29, 0.717) is 30.5 Å². The van der Waals surface area contributed by atoms with Crippen molar-refractivity contribution >= 4 is 5.91 Å². The van der Waals surface area contributed by atoms with Crippen LogP contribution in [-0.4, -0.2) is 38.2 Å². The number of likely N-dealkylation sites (tertiary alicyclic amines) is 1. The fraction of sp³-hybridized carbons (Fsp3) is 0.786. The van der Waals surface area contributed by atoms with Gasteiger partial charge in [0.1, 0.15) is 0 Å². The SMILES string of the molecule is Cn1c(C(F)(F)F)nn(C2CCN(C(=O)C3CCC3)CC2)c1=O. The van der Waals surface area contributed by atoms with Crippen LogP contribution in [-0.2, 0) is 18.0 Å². The lowest BCUT2D eigenvalue weighted by atomic mass is 9.84. The highest BCUT2D eigenvalue weighted by Crippen LogP contribution is 2.31. The maximum atomic E-state index is 12.8. The maximum absolute atomic E-state index is 12.8. The average Bonchev–Trinajstić information content (AvgIpc) is 2.73. The van der Waals surface area contributed by atoms with Crippen molar-refractivity contribution in [2.75, 3.05) is 13.1 Å². The van der Waals surface area contributed by atoms with E-state index in [2.05, 4.69) is 5.10 Å². The molecular weight excluding hydrogens is 313 g/mol. The first-order chi connectivity index (χ1) is 10.8. The molecule has 23 heavy (non-hydrogen) atoms. The van der Waals surface area contributed by atoms with E-state index in [9.17, 15) is 22.8 Å². The molecule has 6 nitrogen and oxygen atoms in total. The second-order valence-electron chi connectivity index (χ2n) is 6.29. The third-order valence-corrected chi connectivity index (χ3v) is 4.83. The van der Waals surface area contributed by atoms with Crippen LogP contribution < -0.4 is 5.69 Å². The first-order valence-electron chi connectivity index (χ1n) is 7.80. The molecule has 0 bridgehead atoms. The molecule has 1 amide bonds. The summed E-state index contributed by atoms with van der Waals surface area (Å²) in [5.41, 5.74) is -0.763. The predicted octanol–water partition coefficient (Wildman–Crippen LogP) is 1.56. The van der Waals surface area contributed by atoms with Crippen LogP contribution >= 0.6 is 0 Å². The summed E-state index contributed by atoms with van der Waals surface area (Å²) in [6.07, 6.45) is -0.823. The van der Waals surface area contributed by atoms with Gasteiger partial charge in [0, 0.05) is 26.1 Å². The number of nitrogens with zero attached hydrogens (tertiary/aromatic N) is 4. The molecule has 2 fully saturated rings. The van der Waals surface area contributed by atoms with Crippen molar-refractivity contribution in [3.05, 3.63) is 16.3 Å². The molecule has 2 heterocycles. The normalized spacial score (nSPS) is 20.6. The van der Waals surface area contributed by atoms with Crippen molar-refractivity contribution in [1.82, 2.24) is 19.2 Å². The van der Waals surface area contributed by atoms with Crippen molar-refractivity contribution in [1.29, 1.82) is 0 Å². The summed E-state index contributed by atoms with van der Waals surface area (Å²) in [4.78, 5) is 25.9. The lowest BCUT2D eigenvalue weighted by Crippen LogP contribution is -2.45. The number of carbonyl (C=O) groups is 1. The molecule has 2 aliphatic rings. The largest absolute Gasteiger partial charge is 0.451 e. The second kappa shape index (κ2) is 5.68.